The van der Waals surface area contributed by atoms with E-state index < -0.39 is 0 Å². The molecule has 0 aliphatic carbocycles. The van der Waals surface area contributed by atoms with Gasteiger partial charge in [0.25, 0.3) is 11.8 Å². The first kappa shape index (κ1) is 19.7. The van der Waals surface area contributed by atoms with Gasteiger partial charge < -0.3 is 15.1 Å². The van der Waals surface area contributed by atoms with Crippen LogP contribution in [0, 0.1) is 6.92 Å². The van der Waals surface area contributed by atoms with E-state index in [1.54, 1.807) is 42.5 Å². The molecule has 0 radical (unpaired) electrons. The van der Waals surface area contributed by atoms with Crippen LogP contribution in [0.25, 0.3) is 11.0 Å². The summed E-state index contributed by atoms with van der Waals surface area (Å²) in [6, 6.07) is 13.6. The number of hydrogen-bond donors (Lipinski definition) is 3. The number of carbonyl (C=O) groups is 2. The quantitative estimate of drug-likeness (QED) is 0.415. The summed E-state index contributed by atoms with van der Waals surface area (Å²) in [6.45, 7) is 1.85. The predicted molar refractivity (Wildman–Crippen MR) is 119 cm³/mol. The van der Waals surface area contributed by atoms with Gasteiger partial charge in [-0.1, -0.05) is 0 Å². The van der Waals surface area contributed by atoms with Gasteiger partial charge in [-0.15, -0.1) is 0 Å². The highest BCUT2D eigenvalue weighted by Crippen LogP contribution is 2.21. The van der Waals surface area contributed by atoms with E-state index in [0.717, 1.165) is 22.8 Å². The Balaban J connectivity index is 1.38. The minimum Gasteiger partial charge on any atom is -0.459 e. The number of fused-ring (bicyclic) bond motifs is 1. The van der Waals surface area contributed by atoms with Crippen LogP contribution >= 0.6 is 23.9 Å². The van der Waals surface area contributed by atoms with E-state index in [1.807, 2.05) is 13.0 Å². The van der Waals surface area contributed by atoms with E-state index in [1.165, 1.54) is 6.26 Å². The van der Waals surface area contributed by atoms with Crippen molar-refractivity contribution in [2.24, 2.45) is 0 Å². The minimum absolute atomic E-state index is 0.156. The van der Waals surface area contributed by atoms with Crippen LogP contribution in [0.5, 0.6) is 0 Å². The molecule has 2 aromatic heterocycles. The molecule has 0 saturated carbocycles. The van der Waals surface area contributed by atoms with Crippen molar-refractivity contribution in [1.29, 1.82) is 0 Å². The van der Waals surface area contributed by atoms with Gasteiger partial charge in [0.15, 0.2) is 10.9 Å². The summed E-state index contributed by atoms with van der Waals surface area (Å²) in [5.41, 5.74) is 3.97. The molecule has 0 atom stereocenters. The van der Waals surface area contributed by atoms with Crippen molar-refractivity contribution in [3.05, 3.63) is 71.7 Å². The number of benzene rings is 2. The fourth-order valence-corrected chi connectivity index (χ4v) is 3.46. The van der Waals surface area contributed by atoms with Crippen molar-refractivity contribution >= 4 is 63.3 Å². The summed E-state index contributed by atoms with van der Waals surface area (Å²) in [7, 11) is 0. The lowest BCUT2D eigenvalue weighted by atomic mass is 10.1. The smallest absolute Gasteiger partial charge is 0.291 e. The number of carbonyl (C=O) groups excluding carboxylic acids is 2. The lowest BCUT2D eigenvalue weighted by Gasteiger charge is -2.12. The molecule has 0 spiro atoms. The number of anilines is 2. The van der Waals surface area contributed by atoms with E-state index in [4.69, 9.17) is 16.6 Å². The Morgan fingerprint density at radius 2 is 1.83 bits per heavy atom. The molecule has 2 heterocycles. The van der Waals surface area contributed by atoms with Gasteiger partial charge in [0, 0.05) is 16.9 Å². The molecule has 4 aromatic rings. The van der Waals surface area contributed by atoms with Gasteiger partial charge in [-0.25, -0.2) is 0 Å². The van der Waals surface area contributed by atoms with Gasteiger partial charge in [-0.3, -0.25) is 14.9 Å². The molecule has 0 unspecified atom stereocenters. The summed E-state index contributed by atoms with van der Waals surface area (Å²) in [4.78, 5) is 24.5. The van der Waals surface area contributed by atoms with E-state index >= 15 is 0 Å². The fourth-order valence-electron chi connectivity index (χ4n) is 2.73. The Kier molecular flexibility index (Phi) is 5.50. The molecule has 8 nitrogen and oxygen atoms in total. The van der Waals surface area contributed by atoms with Gasteiger partial charge in [0.05, 0.1) is 18.0 Å². The second-order valence-corrected chi connectivity index (χ2v) is 7.27. The van der Waals surface area contributed by atoms with Crippen molar-refractivity contribution in [3.8, 4) is 0 Å². The highest BCUT2D eigenvalue weighted by atomic mass is 32.1. The second-order valence-electron chi connectivity index (χ2n) is 6.34. The summed E-state index contributed by atoms with van der Waals surface area (Å²) in [5, 5.41) is 8.55. The van der Waals surface area contributed by atoms with Crippen LogP contribution in [-0.4, -0.2) is 25.7 Å². The maximum absolute atomic E-state index is 12.4. The summed E-state index contributed by atoms with van der Waals surface area (Å²) >= 11 is 6.33. The third-order valence-corrected chi connectivity index (χ3v) is 4.98. The first-order chi connectivity index (χ1) is 14.5. The van der Waals surface area contributed by atoms with E-state index in [2.05, 4.69) is 24.7 Å². The molecule has 2 amide bonds. The number of hydrogen-bond acceptors (Lipinski definition) is 7. The van der Waals surface area contributed by atoms with Gasteiger partial charge >= 0.3 is 0 Å². The van der Waals surface area contributed by atoms with E-state index in [-0.39, 0.29) is 22.7 Å². The minimum atomic E-state index is -0.346. The number of aromatic nitrogens is 2. The lowest BCUT2D eigenvalue weighted by molar-refractivity contribution is 0.0975. The largest absolute Gasteiger partial charge is 0.459 e. The Morgan fingerprint density at radius 1 is 1.00 bits per heavy atom. The average molecular weight is 438 g/mol. The van der Waals surface area contributed by atoms with Crippen molar-refractivity contribution < 1.29 is 14.0 Å². The van der Waals surface area contributed by atoms with Crippen LogP contribution in [0.2, 0.25) is 0 Å². The summed E-state index contributed by atoms with van der Waals surface area (Å²) < 4.78 is 13.3. The molecule has 30 heavy (non-hydrogen) atoms. The van der Waals surface area contributed by atoms with Crippen molar-refractivity contribution in [2.75, 3.05) is 10.6 Å². The maximum Gasteiger partial charge on any atom is 0.291 e. The zero-order chi connectivity index (χ0) is 21.1. The van der Waals surface area contributed by atoms with Crippen LogP contribution in [0.3, 0.4) is 0 Å². The van der Waals surface area contributed by atoms with Crippen LogP contribution in [0.1, 0.15) is 26.5 Å². The van der Waals surface area contributed by atoms with Gasteiger partial charge in [-0.2, -0.15) is 8.75 Å². The van der Waals surface area contributed by atoms with E-state index in [0.29, 0.717) is 22.5 Å². The average Bonchev–Trinajstić information content (AvgIpc) is 3.41. The first-order valence-corrected chi connectivity index (χ1v) is 9.93. The Labute approximate surface area is 180 Å². The standard InChI is InChI=1S/C20H15N5O3S2/c1-11-9-13(5-7-14(11)22-19(27)17-3-2-8-28-17)21-20(29)23-18(26)12-4-6-15-16(10-12)25-30-24-15/h2-10H,1H3,(H,22,27)(H2,21,23,26,29). The molecule has 0 saturated heterocycles. The number of nitrogens with one attached hydrogen (secondary N) is 3. The number of furan rings is 1. The number of nitrogens with zero attached hydrogens (tertiary/aromatic N) is 2. The molecule has 0 aliphatic rings. The highest BCUT2D eigenvalue weighted by molar-refractivity contribution is 7.80. The molecule has 4 rings (SSSR count). The van der Waals surface area contributed by atoms with Crippen LogP contribution in [0.4, 0.5) is 11.4 Å². The monoisotopic (exact) mass is 437 g/mol. The summed E-state index contributed by atoms with van der Waals surface area (Å²) in [5.74, 6) is -0.451. The number of amides is 2. The topological polar surface area (TPSA) is 109 Å². The molecule has 3 N–H and O–H groups in total. The zero-order valence-electron chi connectivity index (χ0n) is 15.6. The highest BCUT2D eigenvalue weighted by Gasteiger charge is 2.12. The van der Waals surface area contributed by atoms with Gasteiger partial charge in [0.2, 0.25) is 0 Å². The SMILES string of the molecule is Cc1cc(NC(=S)NC(=O)c2ccc3nsnc3c2)ccc1NC(=O)c1ccco1. The zero-order valence-corrected chi connectivity index (χ0v) is 17.3. The molecule has 0 bridgehead atoms. The Bertz CT molecular complexity index is 1250. The normalized spacial score (nSPS) is 10.6. The molecule has 2 aromatic carbocycles. The van der Waals surface area contributed by atoms with Gasteiger partial charge in [0.1, 0.15) is 11.0 Å². The van der Waals surface area contributed by atoms with Crippen LogP contribution in [0.15, 0.2) is 59.2 Å². The Hall–Kier alpha value is -3.63. The Morgan fingerprint density at radius 3 is 2.60 bits per heavy atom. The number of rotatable bonds is 4. The molecule has 10 heteroatoms. The van der Waals surface area contributed by atoms with Gasteiger partial charge in [-0.05, 0) is 73.2 Å². The number of thiocarbonyl (C=S) groups is 1. The first-order valence-electron chi connectivity index (χ1n) is 8.80. The molecular formula is C20H15N5O3S2. The lowest BCUT2D eigenvalue weighted by Crippen LogP contribution is -2.34. The second kappa shape index (κ2) is 8.39. The molecule has 150 valence electrons. The number of aryl methyl sites for hydroxylation is 1. The van der Waals surface area contributed by atoms with Crippen molar-refractivity contribution in [2.45, 2.75) is 6.92 Å². The fraction of sp³-hybridized carbons (Fsp3) is 0.0500. The van der Waals surface area contributed by atoms with Crippen molar-refractivity contribution in [1.82, 2.24) is 14.1 Å². The van der Waals surface area contributed by atoms with Crippen LogP contribution < -0.4 is 16.0 Å². The summed E-state index contributed by atoms with van der Waals surface area (Å²) in [6.07, 6.45) is 1.44. The third-order valence-electron chi connectivity index (χ3n) is 4.22. The van der Waals surface area contributed by atoms with Crippen LogP contribution in [-0.2, 0) is 0 Å². The molecular weight excluding hydrogens is 422 g/mol. The third kappa shape index (κ3) is 4.34. The van der Waals surface area contributed by atoms with E-state index in [9.17, 15) is 9.59 Å². The maximum atomic E-state index is 12.4. The predicted octanol–water partition coefficient (Wildman–Crippen LogP) is 3.97. The van der Waals surface area contributed by atoms with Crippen molar-refractivity contribution in [3.63, 3.8) is 0 Å². The molecule has 0 aliphatic heterocycles. The molecule has 0 fully saturated rings.